The molecule has 0 aromatic carbocycles. The number of nitrogens with one attached hydrogen (secondary N) is 1. The number of H-pyrrole nitrogens is 1. The van der Waals surface area contributed by atoms with Gasteiger partial charge in [-0.05, 0) is 0 Å². The number of fused-ring (bicyclic) bond motifs is 1. The van der Waals surface area contributed by atoms with Crippen LogP contribution in [0.5, 0.6) is 0 Å². The predicted octanol–water partition coefficient (Wildman–Crippen LogP) is -2.81. The first-order valence-corrected chi connectivity index (χ1v) is 6.64. The van der Waals surface area contributed by atoms with Crippen LogP contribution in [-0.2, 0) is 9.39 Å². The number of aliphatic hydroxyl groups excluding tert-OH is 2. The van der Waals surface area contributed by atoms with Gasteiger partial charge in [0.05, 0.1) is 12.4 Å². The van der Waals surface area contributed by atoms with Crippen molar-refractivity contribution in [2.45, 2.75) is 30.0 Å². The fraction of sp³-hybridized carbons (Fsp3) is 0.455. The Morgan fingerprint density at radius 2 is 2.26 bits per heavy atom. The molecule has 0 amide bonds. The summed E-state index contributed by atoms with van der Waals surface area (Å²) in [4.78, 5) is 22.0. The fourth-order valence-electron chi connectivity index (χ4n) is 2.69. The standard InChI is InChI=1S/C11H10BN6O5/c13-1-11(12-23-11)6-4(19)5(20)9(22-6)18-2-15-3-7(18)16-10(14)17-8(3)21/h2,4-6,9,19-20H,(H3,14,16,17,21)/t4-,5+,6-,9+,11?/m0/s1. The van der Waals surface area contributed by atoms with Crippen molar-refractivity contribution in [3.63, 3.8) is 0 Å². The van der Waals surface area contributed by atoms with Crippen molar-refractivity contribution in [1.29, 1.82) is 5.26 Å². The number of rotatable bonds is 2. The molecule has 2 saturated heterocycles. The molecule has 5 N–H and O–H groups in total. The Morgan fingerprint density at radius 3 is 2.91 bits per heavy atom. The Morgan fingerprint density at radius 1 is 1.52 bits per heavy atom. The number of ether oxygens (including phenoxy) is 1. The zero-order chi connectivity index (χ0) is 16.4. The van der Waals surface area contributed by atoms with E-state index in [4.69, 9.17) is 20.4 Å². The number of nitrogen functional groups attached to an aromatic ring is 1. The van der Waals surface area contributed by atoms with E-state index in [2.05, 4.69) is 15.0 Å². The minimum absolute atomic E-state index is 0.0113. The number of imidazole rings is 1. The van der Waals surface area contributed by atoms with Gasteiger partial charge in [0.25, 0.3) is 5.56 Å². The topological polar surface area (TPSA) is 176 Å². The van der Waals surface area contributed by atoms with E-state index < -0.39 is 35.6 Å². The summed E-state index contributed by atoms with van der Waals surface area (Å²) in [5, 5.41) is 29.5. The third kappa shape index (κ3) is 1.88. The van der Waals surface area contributed by atoms with Crippen LogP contribution in [0.4, 0.5) is 5.95 Å². The van der Waals surface area contributed by atoms with E-state index in [0.29, 0.717) is 0 Å². The Balaban J connectivity index is 1.77. The number of aliphatic hydroxyl groups is 2. The second kappa shape index (κ2) is 4.52. The second-order valence-corrected chi connectivity index (χ2v) is 5.34. The molecule has 2 aromatic heterocycles. The quantitative estimate of drug-likeness (QED) is 0.336. The van der Waals surface area contributed by atoms with Crippen molar-refractivity contribution in [3.8, 4) is 6.07 Å². The molecule has 0 aliphatic carbocycles. The number of nitrogens with two attached hydrogens (primary N) is 1. The Labute approximate surface area is 128 Å². The molecule has 117 valence electrons. The average molecular weight is 317 g/mol. The molecule has 12 heteroatoms. The van der Waals surface area contributed by atoms with Crippen molar-refractivity contribution < 1.29 is 19.6 Å². The zero-order valence-corrected chi connectivity index (χ0v) is 11.4. The van der Waals surface area contributed by atoms with Crippen LogP contribution in [0, 0.1) is 11.3 Å². The van der Waals surface area contributed by atoms with Crippen LogP contribution in [0.15, 0.2) is 11.1 Å². The first-order valence-electron chi connectivity index (χ1n) is 6.64. The number of hydrogen-bond donors (Lipinski definition) is 4. The fourth-order valence-corrected chi connectivity index (χ4v) is 2.69. The van der Waals surface area contributed by atoms with Crippen LogP contribution >= 0.6 is 0 Å². The molecule has 0 bridgehead atoms. The minimum atomic E-state index is -1.39. The van der Waals surface area contributed by atoms with Crippen LogP contribution in [0.25, 0.3) is 11.2 Å². The molecule has 2 aliphatic heterocycles. The van der Waals surface area contributed by atoms with Gasteiger partial charge in [0.2, 0.25) is 5.95 Å². The number of hydrogen-bond acceptors (Lipinski definition) is 9. The molecule has 23 heavy (non-hydrogen) atoms. The van der Waals surface area contributed by atoms with Crippen molar-refractivity contribution in [1.82, 2.24) is 19.5 Å². The van der Waals surface area contributed by atoms with Gasteiger partial charge in [-0.3, -0.25) is 14.3 Å². The van der Waals surface area contributed by atoms with Crippen molar-refractivity contribution in [2.24, 2.45) is 0 Å². The van der Waals surface area contributed by atoms with Crippen LogP contribution in [0.3, 0.4) is 0 Å². The van der Waals surface area contributed by atoms with Gasteiger partial charge in [0, 0.05) is 0 Å². The summed E-state index contributed by atoms with van der Waals surface area (Å²) >= 11 is 0. The van der Waals surface area contributed by atoms with Crippen molar-refractivity contribution >= 4 is 24.6 Å². The minimum Gasteiger partial charge on any atom is -0.421 e. The summed E-state index contributed by atoms with van der Waals surface area (Å²) in [6.07, 6.45) is -3.68. The van der Waals surface area contributed by atoms with Gasteiger partial charge in [-0.15, -0.1) is 0 Å². The molecule has 0 spiro atoms. The van der Waals surface area contributed by atoms with Gasteiger partial charge in [-0.1, -0.05) is 0 Å². The molecule has 1 unspecified atom stereocenters. The van der Waals surface area contributed by atoms with E-state index in [9.17, 15) is 15.0 Å². The molecule has 2 aliphatic rings. The molecule has 5 atom stereocenters. The first kappa shape index (κ1) is 14.2. The predicted molar refractivity (Wildman–Crippen MR) is 73.7 cm³/mol. The highest BCUT2D eigenvalue weighted by molar-refractivity contribution is 6.44. The molecule has 1 radical (unpaired) electrons. The van der Waals surface area contributed by atoms with E-state index in [-0.39, 0.29) is 17.1 Å². The van der Waals surface area contributed by atoms with Gasteiger partial charge in [0.15, 0.2) is 22.9 Å². The van der Waals surface area contributed by atoms with Crippen LogP contribution in [-0.4, -0.2) is 61.0 Å². The maximum absolute atomic E-state index is 11.8. The normalized spacial score (nSPS) is 35.9. The molecule has 11 nitrogen and oxygen atoms in total. The molecular weight excluding hydrogens is 307 g/mol. The monoisotopic (exact) mass is 317 g/mol. The lowest BCUT2D eigenvalue weighted by atomic mass is 9.81. The number of anilines is 1. The van der Waals surface area contributed by atoms with E-state index >= 15 is 0 Å². The Kier molecular flexibility index (Phi) is 2.78. The summed E-state index contributed by atoms with van der Waals surface area (Å²) < 4.78 is 11.8. The summed E-state index contributed by atoms with van der Waals surface area (Å²) in [7, 11) is 1.23. The van der Waals surface area contributed by atoms with Gasteiger partial charge in [-0.2, -0.15) is 10.2 Å². The Hall–Kier alpha value is -2.46. The molecule has 2 fully saturated rings. The van der Waals surface area contributed by atoms with Crippen LogP contribution < -0.4 is 11.3 Å². The van der Waals surface area contributed by atoms with Gasteiger partial charge in [0.1, 0.15) is 18.3 Å². The lowest BCUT2D eigenvalue weighted by Gasteiger charge is -2.17. The van der Waals surface area contributed by atoms with Crippen molar-refractivity contribution in [2.75, 3.05) is 5.73 Å². The third-order valence-electron chi connectivity index (χ3n) is 3.93. The van der Waals surface area contributed by atoms with Crippen molar-refractivity contribution in [3.05, 3.63) is 16.7 Å². The number of aromatic amines is 1. The highest BCUT2D eigenvalue weighted by Crippen LogP contribution is 2.41. The van der Waals surface area contributed by atoms with E-state index in [1.54, 1.807) is 0 Å². The smallest absolute Gasteiger partial charge is 0.350 e. The summed E-state index contributed by atoms with van der Waals surface area (Å²) in [5.74, 6) is -0.124. The number of nitriles is 1. The van der Waals surface area contributed by atoms with E-state index in [1.165, 1.54) is 18.4 Å². The maximum Gasteiger partial charge on any atom is 0.350 e. The lowest BCUT2D eigenvalue weighted by Crippen LogP contribution is -2.40. The third-order valence-corrected chi connectivity index (χ3v) is 3.93. The first-order chi connectivity index (χ1) is 11.0. The SMILES string of the molecule is N#CC1([C@H]2O[C@@H](n3cnc4c(=O)[nH]c(N)nc43)[C@H](O)[C@@H]2O)[B]O1. The molecule has 0 saturated carbocycles. The number of aromatic nitrogens is 4. The van der Waals surface area contributed by atoms with Crippen LogP contribution in [0.1, 0.15) is 6.23 Å². The lowest BCUT2D eigenvalue weighted by molar-refractivity contribution is -0.0524. The average Bonchev–Trinajstić information content (AvgIpc) is 3.12. The second-order valence-electron chi connectivity index (χ2n) is 5.34. The van der Waals surface area contributed by atoms with E-state index in [0.717, 1.165) is 0 Å². The maximum atomic E-state index is 11.8. The zero-order valence-electron chi connectivity index (χ0n) is 11.4. The highest BCUT2D eigenvalue weighted by Gasteiger charge is 2.63. The van der Waals surface area contributed by atoms with E-state index in [1.807, 2.05) is 6.07 Å². The number of nitrogens with zero attached hydrogens (tertiary/aromatic N) is 4. The van der Waals surface area contributed by atoms with Crippen LogP contribution in [0.2, 0.25) is 0 Å². The highest BCUT2D eigenvalue weighted by atomic mass is 16.6. The molecular formula is C11H10BN6O5. The summed E-state index contributed by atoms with van der Waals surface area (Å²) in [6.45, 7) is 0. The van der Waals surface area contributed by atoms with Gasteiger partial charge < -0.3 is 25.3 Å². The van der Waals surface area contributed by atoms with Gasteiger partial charge >= 0.3 is 7.48 Å². The summed E-state index contributed by atoms with van der Waals surface area (Å²) in [5.41, 5.74) is 3.68. The van der Waals surface area contributed by atoms with Gasteiger partial charge in [-0.25, -0.2) is 4.98 Å². The Bertz CT molecular complexity index is 885. The largest absolute Gasteiger partial charge is 0.421 e. The molecule has 4 heterocycles. The molecule has 2 aromatic rings. The summed E-state index contributed by atoms with van der Waals surface area (Å²) in [6, 6.07) is 1.88. The molecule has 4 rings (SSSR count).